The average molecular weight is 226 g/mol. The first-order chi connectivity index (χ1) is 8.27. The molecule has 1 aliphatic rings. The number of fused-ring (bicyclic) bond motifs is 1. The van der Waals surface area contributed by atoms with Crippen LogP contribution < -0.4 is 0 Å². The van der Waals surface area contributed by atoms with Gasteiger partial charge in [-0.3, -0.25) is 0 Å². The van der Waals surface area contributed by atoms with Crippen molar-refractivity contribution in [2.75, 3.05) is 6.61 Å². The number of hydrogen-bond donors (Lipinski definition) is 1. The lowest BCUT2D eigenvalue weighted by atomic mass is 9.64. The second-order valence-electron chi connectivity index (χ2n) is 5.27. The predicted octanol–water partition coefficient (Wildman–Crippen LogP) is 3.56. The number of benzene rings is 2. The van der Waals surface area contributed by atoms with Gasteiger partial charge in [0.1, 0.15) is 0 Å². The van der Waals surface area contributed by atoms with Gasteiger partial charge in [-0.2, -0.15) is 0 Å². The van der Waals surface area contributed by atoms with E-state index in [0.717, 1.165) is 12.8 Å². The molecule has 0 spiro atoms. The van der Waals surface area contributed by atoms with Crippen LogP contribution in [0, 0.1) is 6.92 Å². The lowest BCUT2D eigenvalue weighted by Gasteiger charge is -2.41. The standard InChI is InChI=1S/C16H18O/c1-12-5-2-6-13-7-3-8-14(15(12)13)16(11-17)9-4-10-16/h2-3,5-8,17H,4,9-11H2,1H3. The van der Waals surface area contributed by atoms with Gasteiger partial charge in [-0.1, -0.05) is 42.8 Å². The van der Waals surface area contributed by atoms with Crippen LogP contribution in [0.5, 0.6) is 0 Å². The molecule has 0 aliphatic heterocycles. The van der Waals surface area contributed by atoms with E-state index < -0.39 is 0 Å². The number of rotatable bonds is 2. The molecule has 1 fully saturated rings. The quantitative estimate of drug-likeness (QED) is 0.830. The van der Waals surface area contributed by atoms with E-state index >= 15 is 0 Å². The molecule has 2 aromatic carbocycles. The highest BCUT2D eigenvalue weighted by molar-refractivity contribution is 5.89. The zero-order chi connectivity index (χ0) is 11.9. The van der Waals surface area contributed by atoms with Gasteiger partial charge in [-0.25, -0.2) is 0 Å². The highest BCUT2D eigenvalue weighted by Gasteiger charge is 2.39. The highest BCUT2D eigenvalue weighted by Crippen LogP contribution is 2.46. The van der Waals surface area contributed by atoms with Crippen molar-refractivity contribution >= 4 is 10.8 Å². The van der Waals surface area contributed by atoms with E-state index in [0.29, 0.717) is 0 Å². The topological polar surface area (TPSA) is 20.2 Å². The van der Waals surface area contributed by atoms with Crippen molar-refractivity contribution in [3.63, 3.8) is 0 Å². The van der Waals surface area contributed by atoms with Crippen LogP contribution in [0.1, 0.15) is 30.4 Å². The molecule has 0 radical (unpaired) electrons. The summed E-state index contributed by atoms with van der Waals surface area (Å²) in [5, 5.41) is 12.4. The molecule has 1 saturated carbocycles. The lowest BCUT2D eigenvalue weighted by Crippen LogP contribution is -2.38. The largest absolute Gasteiger partial charge is 0.395 e. The Bertz CT molecular complexity index is 542. The molecule has 0 heterocycles. The number of aliphatic hydroxyl groups is 1. The minimum Gasteiger partial charge on any atom is -0.395 e. The highest BCUT2D eigenvalue weighted by atomic mass is 16.3. The van der Waals surface area contributed by atoms with Gasteiger partial charge in [0.2, 0.25) is 0 Å². The predicted molar refractivity (Wildman–Crippen MR) is 71.3 cm³/mol. The van der Waals surface area contributed by atoms with Gasteiger partial charge < -0.3 is 5.11 Å². The minimum atomic E-state index is 0.0334. The van der Waals surface area contributed by atoms with Crippen molar-refractivity contribution in [3.8, 4) is 0 Å². The van der Waals surface area contributed by atoms with Crippen LogP contribution >= 0.6 is 0 Å². The average Bonchev–Trinajstić information content (AvgIpc) is 2.29. The normalized spacial score (nSPS) is 18.0. The molecule has 0 saturated heterocycles. The van der Waals surface area contributed by atoms with Crippen LogP contribution in [0.4, 0.5) is 0 Å². The van der Waals surface area contributed by atoms with Crippen LogP contribution in [0.25, 0.3) is 10.8 Å². The van der Waals surface area contributed by atoms with E-state index in [1.807, 2.05) is 0 Å². The molecule has 0 amide bonds. The molecule has 0 aromatic heterocycles. The first kappa shape index (κ1) is 10.8. The molecule has 0 unspecified atom stereocenters. The maximum Gasteiger partial charge on any atom is 0.0528 e. The molecule has 0 bridgehead atoms. The van der Waals surface area contributed by atoms with Crippen molar-refractivity contribution in [1.29, 1.82) is 0 Å². The Kier molecular flexibility index (Phi) is 2.44. The van der Waals surface area contributed by atoms with E-state index in [1.165, 1.54) is 28.3 Å². The van der Waals surface area contributed by atoms with E-state index in [9.17, 15) is 5.11 Å². The van der Waals surface area contributed by atoms with Gasteiger partial charge in [0, 0.05) is 5.41 Å². The number of aryl methyl sites for hydroxylation is 1. The zero-order valence-corrected chi connectivity index (χ0v) is 10.2. The molecule has 1 N–H and O–H groups in total. The maximum atomic E-state index is 9.74. The molecular formula is C16H18O. The minimum absolute atomic E-state index is 0.0334. The summed E-state index contributed by atoms with van der Waals surface area (Å²) in [4.78, 5) is 0. The fourth-order valence-electron chi connectivity index (χ4n) is 3.09. The summed E-state index contributed by atoms with van der Waals surface area (Å²) >= 11 is 0. The Morgan fingerprint density at radius 2 is 1.82 bits per heavy atom. The Balaban J connectivity index is 2.29. The molecule has 0 atom stereocenters. The second kappa shape index (κ2) is 3.85. The third kappa shape index (κ3) is 1.49. The maximum absolute atomic E-state index is 9.74. The SMILES string of the molecule is Cc1cccc2cccc(C3(CO)CCC3)c12. The Hall–Kier alpha value is -1.34. The molecular weight excluding hydrogens is 208 g/mol. The summed E-state index contributed by atoms with van der Waals surface area (Å²) in [7, 11) is 0. The lowest BCUT2D eigenvalue weighted by molar-refractivity contribution is 0.121. The monoisotopic (exact) mass is 226 g/mol. The third-order valence-electron chi connectivity index (χ3n) is 4.30. The van der Waals surface area contributed by atoms with E-state index in [4.69, 9.17) is 0 Å². The number of hydrogen-bond acceptors (Lipinski definition) is 1. The second-order valence-corrected chi connectivity index (χ2v) is 5.27. The van der Waals surface area contributed by atoms with Gasteiger partial charge in [0.05, 0.1) is 6.61 Å². The van der Waals surface area contributed by atoms with Crippen molar-refractivity contribution in [2.24, 2.45) is 0 Å². The summed E-state index contributed by atoms with van der Waals surface area (Å²) in [6.45, 7) is 2.44. The van der Waals surface area contributed by atoms with E-state index in [1.54, 1.807) is 0 Å². The van der Waals surface area contributed by atoms with E-state index in [2.05, 4.69) is 43.3 Å². The molecule has 3 rings (SSSR count). The fraction of sp³-hybridized carbons (Fsp3) is 0.375. The van der Waals surface area contributed by atoms with Gasteiger partial charge >= 0.3 is 0 Å². The smallest absolute Gasteiger partial charge is 0.0528 e. The Morgan fingerprint density at radius 3 is 2.41 bits per heavy atom. The molecule has 1 aliphatic carbocycles. The van der Waals surface area contributed by atoms with E-state index in [-0.39, 0.29) is 12.0 Å². The summed E-state index contributed by atoms with van der Waals surface area (Å²) in [6.07, 6.45) is 3.48. The number of aliphatic hydroxyl groups excluding tert-OH is 1. The van der Waals surface area contributed by atoms with Crippen molar-refractivity contribution in [2.45, 2.75) is 31.6 Å². The first-order valence-corrected chi connectivity index (χ1v) is 6.36. The van der Waals surface area contributed by atoms with Gasteiger partial charge in [-0.05, 0) is 41.7 Å². The third-order valence-corrected chi connectivity index (χ3v) is 4.30. The van der Waals surface area contributed by atoms with Crippen LogP contribution in [-0.2, 0) is 5.41 Å². The Morgan fingerprint density at radius 1 is 1.12 bits per heavy atom. The molecule has 88 valence electrons. The first-order valence-electron chi connectivity index (χ1n) is 6.36. The summed E-state index contributed by atoms with van der Waals surface area (Å²) in [5.74, 6) is 0. The molecule has 2 aromatic rings. The van der Waals surface area contributed by atoms with Crippen molar-refractivity contribution in [3.05, 3.63) is 47.5 Å². The fourth-order valence-corrected chi connectivity index (χ4v) is 3.09. The van der Waals surface area contributed by atoms with Crippen molar-refractivity contribution in [1.82, 2.24) is 0 Å². The van der Waals surface area contributed by atoms with Crippen LogP contribution in [-0.4, -0.2) is 11.7 Å². The summed E-state index contributed by atoms with van der Waals surface area (Å²) < 4.78 is 0. The van der Waals surface area contributed by atoms with Crippen molar-refractivity contribution < 1.29 is 5.11 Å². The Labute approximate surface area is 102 Å². The van der Waals surface area contributed by atoms with Crippen LogP contribution in [0.2, 0.25) is 0 Å². The van der Waals surface area contributed by atoms with Gasteiger partial charge in [0.25, 0.3) is 0 Å². The van der Waals surface area contributed by atoms with Crippen LogP contribution in [0.15, 0.2) is 36.4 Å². The molecule has 1 nitrogen and oxygen atoms in total. The molecule has 1 heteroatoms. The summed E-state index contributed by atoms with van der Waals surface area (Å²) in [6, 6.07) is 12.9. The molecule has 17 heavy (non-hydrogen) atoms. The summed E-state index contributed by atoms with van der Waals surface area (Å²) in [5.41, 5.74) is 2.70. The van der Waals surface area contributed by atoms with Crippen LogP contribution in [0.3, 0.4) is 0 Å². The zero-order valence-electron chi connectivity index (χ0n) is 10.2. The van der Waals surface area contributed by atoms with Gasteiger partial charge in [-0.15, -0.1) is 0 Å². The van der Waals surface area contributed by atoms with Gasteiger partial charge in [0.15, 0.2) is 0 Å².